The lowest BCUT2D eigenvalue weighted by atomic mass is 10.3. The van der Waals surface area contributed by atoms with Crippen LogP contribution in [0.3, 0.4) is 0 Å². The van der Waals surface area contributed by atoms with E-state index in [1.807, 2.05) is 22.6 Å². The number of hydrogen-bond donors (Lipinski definition) is 2. The Morgan fingerprint density at radius 3 is 2.92 bits per heavy atom. The van der Waals surface area contributed by atoms with Gasteiger partial charge in [-0.05, 0) is 35.6 Å². The summed E-state index contributed by atoms with van der Waals surface area (Å²) in [4.78, 5) is 3.63. The third-order valence-corrected chi connectivity index (χ3v) is 2.05. The number of pyridine rings is 1. The quantitative estimate of drug-likeness (QED) is 0.658. The third kappa shape index (κ3) is 3.43. The summed E-state index contributed by atoms with van der Waals surface area (Å²) in [5.41, 5.74) is 0. The van der Waals surface area contributed by atoms with Crippen LogP contribution in [-0.4, -0.2) is 22.7 Å². The van der Waals surface area contributed by atoms with Gasteiger partial charge in [-0.3, -0.25) is 0 Å². The molecule has 0 bridgehead atoms. The molecule has 0 radical (unpaired) electrons. The Morgan fingerprint density at radius 1 is 1.69 bits per heavy atom. The van der Waals surface area contributed by atoms with Crippen molar-refractivity contribution in [1.29, 1.82) is 0 Å². The van der Waals surface area contributed by atoms with Gasteiger partial charge >= 0.3 is 0 Å². The highest BCUT2D eigenvalue weighted by Crippen LogP contribution is 2.12. The van der Waals surface area contributed by atoms with Gasteiger partial charge in [0.15, 0.2) is 0 Å². The molecule has 1 rings (SSSR count). The van der Waals surface area contributed by atoms with Gasteiger partial charge in [-0.25, -0.2) is 4.98 Å². The Kier molecular flexibility index (Phi) is 3.86. The van der Waals surface area contributed by atoms with Crippen molar-refractivity contribution in [1.82, 2.24) is 4.98 Å². The minimum absolute atomic E-state index is 0.00519. The van der Waals surface area contributed by atoms with Crippen molar-refractivity contribution >= 4 is 28.4 Å². The lowest BCUT2D eigenvalue weighted by Crippen LogP contribution is -2.20. The smallest absolute Gasteiger partial charge is 0.215 e. The molecule has 3 nitrogen and oxygen atoms in total. The Balaban J connectivity index is 2.77. The van der Waals surface area contributed by atoms with Crippen LogP contribution < -0.4 is 5.32 Å². The number of hydrogen-bond acceptors (Lipinski definition) is 3. The predicted octanol–water partition coefficient (Wildman–Crippen LogP) is 1.62. The van der Waals surface area contributed by atoms with E-state index in [1.54, 1.807) is 13.0 Å². The van der Waals surface area contributed by atoms with E-state index in [2.05, 4.69) is 10.3 Å². The minimum atomic E-state index is -0.514. The fourth-order valence-electron chi connectivity index (χ4n) is 0.838. The molecule has 0 saturated carbocycles. The molecule has 0 amide bonds. The molecule has 0 spiro atoms. The fraction of sp³-hybridized carbons (Fsp3) is 0.375. The van der Waals surface area contributed by atoms with Gasteiger partial charge in [-0.1, -0.05) is 0 Å². The zero-order valence-corrected chi connectivity index (χ0v) is 9.25. The molecule has 1 heterocycles. The Morgan fingerprint density at radius 2 is 2.38 bits per heavy atom. The van der Waals surface area contributed by atoms with Gasteiger partial charge in [0.2, 0.25) is 5.95 Å². The summed E-state index contributed by atoms with van der Waals surface area (Å²) in [6, 6.07) is 2.94. The van der Waals surface area contributed by atoms with Gasteiger partial charge in [0.1, 0.15) is 5.82 Å². The van der Waals surface area contributed by atoms with Crippen LogP contribution in [0.25, 0.3) is 0 Å². The molecule has 0 saturated heterocycles. The van der Waals surface area contributed by atoms with Crippen LogP contribution in [0.4, 0.5) is 10.2 Å². The number of aliphatic hydroxyl groups is 1. The molecule has 0 aromatic carbocycles. The summed E-state index contributed by atoms with van der Waals surface area (Å²) in [7, 11) is 0. The summed E-state index contributed by atoms with van der Waals surface area (Å²) in [6.45, 7) is 1.79. The summed E-state index contributed by atoms with van der Waals surface area (Å²) in [5.74, 6) is -0.0644. The van der Waals surface area contributed by atoms with E-state index in [1.165, 1.54) is 6.07 Å². The van der Waals surface area contributed by atoms with Crippen LogP contribution in [0.1, 0.15) is 6.92 Å². The molecule has 0 aliphatic carbocycles. The second-order valence-corrected chi connectivity index (χ2v) is 3.97. The lowest BCUT2D eigenvalue weighted by Gasteiger charge is -2.11. The highest BCUT2D eigenvalue weighted by molar-refractivity contribution is 14.1. The van der Waals surface area contributed by atoms with Crippen molar-refractivity contribution in [3.63, 3.8) is 0 Å². The zero-order chi connectivity index (χ0) is 9.84. The van der Waals surface area contributed by atoms with Crippen LogP contribution in [0, 0.1) is 9.52 Å². The first-order valence-electron chi connectivity index (χ1n) is 3.82. The summed E-state index contributed by atoms with van der Waals surface area (Å²) >= 11 is 2.01. The standard InChI is InChI=1S/C8H10FIN2O/c1-5(4-13)11-8-3-6(10)2-7(9)12-8/h2-3,5,13H,4H2,1H3,(H,11,12)/t5-/m1/s1. The molecule has 5 heteroatoms. The highest BCUT2D eigenvalue weighted by Gasteiger charge is 2.03. The SMILES string of the molecule is C[C@H](CO)Nc1cc(I)cc(F)n1. The van der Waals surface area contributed by atoms with E-state index in [0.717, 1.165) is 3.57 Å². The maximum absolute atomic E-state index is 12.8. The van der Waals surface area contributed by atoms with Crippen LogP contribution in [0.5, 0.6) is 0 Å². The molecule has 0 unspecified atom stereocenters. The van der Waals surface area contributed by atoms with E-state index in [4.69, 9.17) is 5.11 Å². The van der Waals surface area contributed by atoms with E-state index in [0.29, 0.717) is 5.82 Å². The largest absolute Gasteiger partial charge is 0.394 e. The van der Waals surface area contributed by atoms with Gasteiger partial charge in [-0.2, -0.15) is 4.39 Å². The first-order chi connectivity index (χ1) is 6.11. The van der Waals surface area contributed by atoms with Crippen LogP contribution in [-0.2, 0) is 0 Å². The molecule has 0 aliphatic rings. The van der Waals surface area contributed by atoms with Crippen LogP contribution in [0.15, 0.2) is 12.1 Å². The van der Waals surface area contributed by atoms with E-state index < -0.39 is 5.95 Å². The number of nitrogens with one attached hydrogen (secondary N) is 1. The molecule has 72 valence electrons. The Hall–Kier alpha value is -0.430. The molecule has 1 aromatic heterocycles. The Labute approximate surface area is 89.5 Å². The number of halogens is 2. The average molecular weight is 296 g/mol. The monoisotopic (exact) mass is 296 g/mol. The number of nitrogens with zero attached hydrogens (tertiary/aromatic N) is 1. The van der Waals surface area contributed by atoms with E-state index in [-0.39, 0.29) is 12.6 Å². The fourth-order valence-corrected chi connectivity index (χ4v) is 1.39. The van der Waals surface area contributed by atoms with Gasteiger partial charge < -0.3 is 10.4 Å². The van der Waals surface area contributed by atoms with Crippen molar-refractivity contribution in [3.05, 3.63) is 21.7 Å². The van der Waals surface area contributed by atoms with E-state index in [9.17, 15) is 4.39 Å². The van der Waals surface area contributed by atoms with Crippen LogP contribution in [0.2, 0.25) is 0 Å². The summed E-state index contributed by atoms with van der Waals surface area (Å²) < 4.78 is 13.5. The topological polar surface area (TPSA) is 45.1 Å². The first-order valence-corrected chi connectivity index (χ1v) is 4.90. The van der Waals surface area contributed by atoms with Crippen molar-refractivity contribution in [2.45, 2.75) is 13.0 Å². The normalized spacial score (nSPS) is 12.6. The average Bonchev–Trinajstić information content (AvgIpc) is 2.02. The molecule has 13 heavy (non-hydrogen) atoms. The highest BCUT2D eigenvalue weighted by atomic mass is 127. The van der Waals surface area contributed by atoms with Crippen molar-refractivity contribution in [2.75, 3.05) is 11.9 Å². The maximum atomic E-state index is 12.8. The molecule has 2 N–H and O–H groups in total. The zero-order valence-electron chi connectivity index (χ0n) is 7.09. The van der Waals surface area contributed by atoms with Gasteiger partial charge in [0, 0.05) is 15.7 Å². The predicted molar refractivity (Wildman–Crippen MR) is 57.1 cm³/mol. The number of aliphatic hydroxyl groups excluding tert-OH is 1. The van der Waals surface area contributed by atoms with Gasteiger partial charge in [-0.15, -0.1) is 0 Å². The molecule has 1 atom stereocenters. The lowest BCUT2D eigenvalue weighted by molar-refractivity contribution is 0.281. The van der Waals surface area contributed by atoms with Crippen molar-refractivity contribution in [3.8, 4) is 0 Å². The summed E-state index contributed by atoms with van der Waals surface area (Å²) in [6.07, 6.45) is 0. The van der Waals surface area contributed by atoms with Gasteiger partial charge in [0.25, 0.3) is 0 Å². The molecular weight excluding hydrogens is 286 g/mol. The van der Waals surface area contributed by atoms with Crippen molar-refractivity contribution in [2.24, 2.45) is 0 Å². The minimum Gasteiger partial charge on any atom is -0.394 e. The number of anilines is 1. The van der Waals surface area contributed by atoms with Gasteiger partial charge in [0.05, 0.1) is 6.61 Å². The third-order valence-electron chi connectivity index (χ3n) is 1.43. The summed E-state index contributed by atoms with van der Waals surface area (Å²) in [5, 5.41) is 11.6. The number of rotatable bonds is 3. The first kappa shape index (κ1) is 10.6. The van der Waals surface area contributed by atoms with Crippen LogP contribution >= 0.6 is 22.6 Å². The second kappa shape index (κ2) is 4.71. The molecule has 1 aromatic rings. The molecule has 0 fully saturated rings. The number of aromatic nitrogens is 1. The maximum Gasteiger partial charge on any atom is 0.215 e. The Bertz CT molecular complexity index is 275. The molecule has 0 aliphatic heterocycles. The van der Waals surface area contributed by atoms with E-state index >= 15 is 0 Å². The van der Waals surface area contributed by atoms with Crippen molar-refractivity contribution < 1.29 is 9.50 Å². The second-order valence-electron chi connectivity index (χ2n) is 2.72. The molecular formula is C8H10FIN2O.